The number of carbonyl (C=O) groups is 1. The Bertz CT molecular complexity index is 371. The van der Waals surface area contributed by atoms with E-state index >= 15 is 0 Å². The van der Waals surface area contributed by atoms with E-state index in [1.165, 1.54) is 0 Å². The van der Waals surface area contributed by atoms with Crippen molar-refractivity contribution >= 4 is 5.91 Å². The van der Waals surface area contributed by atoms with Crippen LogP contribution in [0.1, 0.15) is 52.4 Å². The van der Waals surface area contributed by atoms with Gasteiger partial charge >= 0.3 is 0 Å². The van der Waals surface area contributed by atoms with Crippen LogP contribution in [0, 0.1) is 5.92 Å². The molecule has 0 fully saturated rings. The molecule has 1 unspecified atom stereocenters. The van der Waals surface area contributed by atoms with Crippen LogP contribution in [0.2, 0.25) is 0 Å². The summed E-state index contributed by atoms with van der Waals surface area (Å²) in [5.74, 6) is 1.68. The maximum absolute atomic E-state index is 12.0. The molecule has 0 radical (unpaired) electrons. The van der Waals surface area contributed by atoms with Crippen molar-refractivity contribution < 1.29 is 4.79 Å². The van der Waals surface area contributed by atoms with Crippen molar-refractivity contribution in [2.45, 2.75) is 53.0 Å². The van der Waals surface area contributed by atoms with Gasteiger partial charge in [-0.05, 0) is 25.7 Å². The first kappa shape index (κ1) is 14.7. The van der Waals surface area contributed by atoms with Gasteiger partial charge in [0, 0.05) is 25.4 Å². The molecule has 1 aromatic rings. The number of nitrogens with zero attached hydrogens (tertiary/aromatic N) is 2. The van der Waals surface area contributed by atoms with E-state index in [4.69, 9.17) is 0 Å². The zero-order valence-electron chi connectivity index (χ0n) is 11.9. The first-order valence-electron chi connectivity index (χ1n) is 6.85. The van der Waals surface area contributed by atoms with Gasteiger partial charge in [-0.3, -0.25) is 4.79 Å². The monoisotopic (exact) mass is 251 g/mol. The smallest absolute Gasteiger partial charge is 0.242 e. The van der Waals surface area contributed by atoms with Crippen LogP contribution < -0.4 is 5.32 Å². The van der Waals surface area contributed by atoms with E-state index in [0.29, 0.717) is 5.92 Å². The van der Waals surface area contributed by atoms with Crippen LogP contribution >= 0.6 is 0 Å². The summed E-state index contributed by atoms with van der Waals surface area (Å²) in [6, 6.07) is -0.179. The molecule has 1 atom stereocenters. The third kappa shape index (κ3) is 4.17. The number of aryl methyl sites for hydroxylation is 1. The molecule has 1 aromatic heterocycles. The van der Waals surface area contributed by atoms with E-state index in [1.54, 1.807) is 6.20 Å². The predicted octanol–water partition coefficient (Wildman–Crippen LogP) is 2.56. The van der Waals surface area contributed by atoms with E-state index < -0.39 is 0 Å². The minimum Gasteiger partial charge on any atom is -0.354 e. The van der Waals surface area contributed by atoms with Crippen molar-refractivity contribution in [3.63, 3.8) is 0 Å². The molecule has 0 spiro atoms. The Kier molecular flexibility index (Phi) is 5.89. The molecule has 0 aliphatic heterocycles. The van der Waals surface area contributed by atoms with E-state index in [9.17, 15) is 4.79 Å². The van der Waals surface area contributed by atoms with Gasteiger partial charge < -0.3 is 9.88 Å². The maximum Gasteiger partial charge on any atom is 0.242 e. The van der Waals surface area contributed by atoms with Crippen LogP contribution in [0.25, 0.3) is 0 Å². The van der Waals surface area contributed by atoms with E-state index in [-0.39, 0.29) is 11.9 Å². The van der Waals surface area contributed by atoms with Crippen molar-refractivity contribution in [3.05, 3.63) is 18.2 Å². The third-order valence-electron chi connectivity index (χ3n) is 3.04. The van der Waals surface area contributed by atoms with Crippen molar-refractivity contribution in [1.29, 1.82) is 0 Å². The standard InChI is InChI=1S/C14H25N3O/c1-5-6-13-15-9-10-17(13)12(4)14(18)16-8-7-11(2)3/h9-12H,5-8H2,1-4H3,(H,16,18). The van der Waals surface area contributed by atoms with Gasteiger partial charge in [-0.1, -0.05) is 20.8 Å². The Balaban J connectivity index is 2.54. The lowest BCUT2D eigenvalue weighted by molar-refractivity contribution is -0.123. The molecule has 1 rings (SSSR count). The van der Waals surface area contributed by atoms with Crippen LogP contribution in [0.15, 0.2) is 12.4 Å². The number of hydrogen-bond acceptors (Lipinski definition) is 2. The highest BCUT2D eigenvalue weighted by Crippen LogP contribution is 2.11. The molecule has 1 heterocycles. The van der Waals surface area contributed by atoms with Gasteiger partial charge in [-0.25, -0.2) is 4.98 Å². The fourth-order valence-electron chi connectivity index (χ4n) is 1.87. The zero-order chi connectivity index (χ0) is 13.5. The summed E-state index contributed by atoms with van der Waals surface area (Å²) in [6.45, 7) is 9.10. The summed E-state index contributed by atoms with van der Waals surface area (Å²) in [5.41, 5.74) is 0. The summed E-state index contributed by atoms with van der Waals surface area (Å²) >= 11 is 0. The normalized spacial score (nSPS) is 12.7. The molecule has 0 aromatic carbocycles. The van der Waals surface area contributed by atoms with Gasteiger partial charge in [0.25, 0.3) is 0 Å². The minimum atomic E-state index is -0.179. The molecule has 0 bridgehead atoms. The summed E-state index contributed by atoms with van der Waals surface area (Å²) in [5, 5.41) is 2.98. The predicted molar refractivity (Wildman–Crippen MR) is 73.4 cm³/mol. The first-order valence-corrected chi connectivity index (χ1v) is 6.85. The largest absolute Gasteiger partial charge is 0.354 e. The van der Waals surface area contributed by atoms with Gasteiger partial charge in [0.2, 0.25) is 5.91 Å². The minimum absolute atomic E-state index is 0.0750. The van der Waals surface area contributed by atoms with Gasteiger partial charge in [-0.2, -0.15) is 0 Å². The second-order valence-corrected chi connectivity index (χ2v) is 5.15. The number of imidazole rings is 1. The van der Waals surface area contributed by atoms with Gasteiger partial charge in [0.1, 0.15) is 11.9 Å². The summed E-state index contributed by atoms with van der Waals surface area (Å²) in [6.07, 6.45) is 6.63. The molecule has 0 saturated carbocycles. The van der Waals surface area contributed by atoms with Crippen LogP contribution in [-0.4, -0.2) is 22.0 Å². The highest BCUT2D eigenvalue weighted by molar-refractivity contribution is 5.79. The Morgan fingerprint density at radius 2 is 2.17 bits per heavy atom. The number of amides is 1. The first-order chi connectivity index (χ1) is 8.56. The van der Waals surface area contributed by atoms with E-state index in [0.717, 1.165) is 31.6 Å². The lowest BCUT2D eigenvalue weighted by atomic mass is 10.1. The molecule has 1 N–H and O–H groups in total. The molecule has 0 aliphatic rings. The highest BCUT2D eigenvalue weighted by atomic mass is 16.2. The average molecular weight is 251 g/mol. The molecule has 1 amide bonds. The second kappa shape index (κ2) is 7.19. The Morgan fingerprint density at radius 3 is 2.78 bits per heavy atom. The molecule has 102 valence electrons. The zero-order valence-corrected chi connectivity index (χ0v) is 11.9. The average Bonchev–Trinajstić information content (AvgIpc) is 2.76. The molecule has 4 heteroatoms. The molecule has 0 saturated heterocycles. The molecular formula is C14H25N3O. The van der Waals surface area contributed by atoms with Crippen LogP contribution in [-0.2, 0) is 11.2 Å². The van der Waals surface area contributed by atoms with Crippen molar-refractivity contribution in [1.82, 2.24) is 14.9 Å². The van der Waals surface area contributed by atoms with Crippen LogP contribution in [0.4, 0.5) is 0 Å². The fourth-order valence-corrected chi connectivity index (χ4v) is 1.87. The van der Waals surface area contributed by atoms with Crippen LogP contribution in [0.5, 0.6) is 0 Å². The fraction of sp³-hybridized carbons (Fsp3) is 0.714. The maximum atomic E-state index is 12.0. The second-order valence-electron chi connectivity index (χ2n) is 5.15. The van der Waals surface area contributed by atoms with Gasteiger partial charge in [0.15, 0.2) is 0 Å². The van der Waals surface area contributed by atoms with Crippen molar-refractivity contribution in [2.24, 2.45) is 5.92 Å². The molecular weight excluding hydrogens is 226 g/mol. The quantitative estimate of drug-likeness (QED) is 0.809. The molecule has 0 aliphatic carbocycles. The number of rotatable bonds is 7. The highest BCUT2D eigenvalue weighted by Gasteiger charge is 2.16. The topological polar surface area (TPSA) is 46.9 Å². The number of carbonyl (C=O) groups excluding carboxylic acids is 1. The number of aromatic nitrogens is 2. The van der Waals surface area contributed by atoms with Crippen molar-refractivity contribution in [2.75, 3.05) is 6.54 Å². The lowest BCUT2D eigenvalue weighted by Crippen LogP contribution is -2.32. The van der Waals surface area contributed by atoms with E-state index in [1.807, 2.05) is 17.7 Å². The summed E-state index contributed by atoms with van der Waals surface area (Å²) in [7, 11) is 0. The Morgan fingerprint density at radius 1 is 1.44 bits per heavy atom. The molecule has 18 heavy (non-hydrogen) atoms. The summed E-state index contributed by atoms with van der Waals surface area (Å²) < 4.78 is 1.97. The van der Waals surface area contributed by atoms with Gasteiger partial charge in [-0.15, -0.1) is 0 Å². The summed E-state index contributed by atoms with van der Waals surface area (Å²) in [4.78, 5) is 16.3. The van der Waals surface area contributed by atoms with Crippen LogP contribution in [0.3, 0.4) is 0 Å². The Hall–Kier alpha value is -1.32. The molecule has 4 nitrogen and oxygen atoms in total. The third-order valence-corrected chi connectivity index (χ3v) is 3.04. The lowest BCUT2D eigenvalue weighted by Gasteiger charge is -2.16. The van der Waals surface area contributed by atoms with E-state index in [2.05, 4.69) is 31.1 Å². The number of nitrogens with one attached hydrogen (secondary N) is 1. The van der Waals surface area contributed by atoms with Crippen molar-refractivity contribution in [3.8, 4) is 0 Å². The number of hydrogen-bond donors (Lipinski definition) is 1. The van der Waals surface area contributed by atoms with Gasteiger partial charge in [0.05, 0.1) is 0 Å². The SMILES string of the molecule is CCCc1nccn1C(C)C(=O)NCCC(C)C. The Labute approximate surface area is 110 Å².